The fourth-order valence-electron chi connectivity index (χ4n) is 0.534. The molecule has 0 saturated carbocycles. The highest BCUT2D eigenvalue weighted by Gasteiger charge is 1.90. The third-order valence-corrected chi connectivity index (χ3v) is 1.12. The van der Waals surface area contributed by atoms with Crippen LogP contribution in [0.1, 0.15) is 5.56 Å². The molecule has 0 aliphatic heterocycles. The van der Waals surface area contributed by atoms with E-state index in [2.05, 4.69) is 23.8 Å². The van der Waals surface area contributed by atoms with E-state index in [0.29, 0.717) is 0 Å². The van der Waals surface area contributed by atoms with Gasteiger partial charge in [-0.25, -0.2) is 0 Å². The van der Waals surface area contributed by atoms with Gasteiger partial charge in [0, 0.05) is 7.11 Å². The number of rotatable bonds is 1. The van der Waals surface area contributed by atoms with Crippen molar-refractivity contribution in [2.45, 2.75) is 13.5 Å². The Balaban J connectivity index is 0.000000217. The third-order valence-electron chi connectivity index (χ3n) is 1.12. The van der Waals surface area contributed by atoms with E-state index >= 15 is 0 Å². The number of methoxy groups -OCH3 is 1. The molecule has 0 spiro atoms. The summed E-state index contributed by atoms with van der Waals surface area (Å²) in [6, 6.07) is 10.3. The molecular weight excluding hydrogens is 162 g/mol. The summed E-state index contributed by atoms with van der Waals surface area (Å²) in [6.07, 6.45) is 0. The quantitative estimate of drug-likeness (QED) is 0.636. The maximum atomic E-state index is 10.5. The van der Waals surface area contributed by atoms with Gasteiger partial charge in [-0.3, -0.25) is 0 Å². The van der Waals surface area contributed by atoms with Crippen molar-refractivity contribution < 1.29 is 13.5 Å². The highest BCUT2D eigenvalue weighted by atomic mass is 19.3. The Morgan fingerprint density at radius 2 is 1.58 bits per heavy atom. The van der Waals surface area contributed by atoms with E-state index < -0.39 is 6.61 Å². The van der Waals surface area contributed by atoms with E-state index in [-0.39, 0.29) is 0 Å². The summed E-state index contributed by atoms with van der Waals surface area (Å²) in [7, 11) is 0.949. The molecule has 0 aliphatic rings. The zero-order chi connectivity index (χ0) is 9.40. The van der Waals surface area contributed by atoms with Crippen molar-refractivity contribution in [3.8, 4) is 0 Å². The molecular formula is C9H12F2O. The lowest BCUT2D eigenvalue weighted by Gasteiger charge is -1.85. The third kappa shape index (κ3) is 7.15. The van der Waals surface area contributed by atoms with Gasteiger partial charge in [0.05, 0.1) is 0 Å². The normalized spacial score (nSPS) is 9.08. The van der Waals surface area contributed by atoms with Crippen LogP contribution in [0.2, 0.25) is 0 Å². The minimum absolute atomic E-state index is 0.949. The first-order valence-electron chi connectivity index (χ1n) is 3.49. The SMILES string of the molecule is COC(F)F.Cc1ccccc1. The van der Waals surface area contributed by atoms with E-state index in [9.17, 15) is 8.78 Å². The Bertz CT molecular complexity index is 187. The van der Waals surface area contributed by atoms with Crippen molar-refractivity contribution >= 4 is 0 Å². The molecule has 0 aliphatic carbocycles. The molecule has 0 unspecified atom stereocenters. The van der Waals surface area contributed by atoms with Gasteiger partial charge in [-0.1, -0.05) is 35.9 Å². The van der Waals surface area contributed by atoms with Crippen molar-refractivity contribution in [2.75, 3.05) is 7.11 Å². The average molecular weight is 174 g/mol. The van der Waals surface area contributed by atoms with Gasteiger partial charge in [-0.05, 0) is 6.92 Å². The van der Waals surface area contributed by atoms with Crippen molar-refractivity contribution in [1.82, 2.24) is 0 Å². The van der Waals surface area contributed by atoms with Gasteiger partial charge < -0.3 is 4.74 Å². The Kier molecular flexibility index (Phi) is 6.19. The van der Waals surface area contributed by atoms with Crippen LogP contribution in [0.3, 0.4) is 0 Å². The zero-order valence-electron chi connectivity index (χ0n) is 7.13. The molecule has 0 radical (unpaired) electrons. The fraction of sp³-hybridized carbons (Fsp3) is 0.333. The van der Waals surface area contributed by atoms with Crippen LogP contribution in [0.5, 0.6) is 0 Å². The van der Waals surface area contributed by atoms with Gasteiger partial charge in [-0.15, -0.1) is 0 Å². The monoisotopic (exact) mass is 174 g/mol. The van der Waals surface area contributed by atoms with Crippen LogP contribution in [0.15, 0.2) is 30.3 Å². The fourth-order valence-corrected chi connectivity index (χ4v) is 0.534. The second kappa shape index (κ2) is 6.73. The number of ether oxygens (including phenoxy) is 1. The van der Waals surface area contributed by atoms with Gasteiger partial charge in [0.25, 0.3) is 0 Å². The van der Waals surface area contributed by atoms with Crippen LogP contribution in [0.25, 0.3) is 0 Å². The lowest BCUT2D eigenvalue weighted by Crippen LogP contribution is -1.89. The highest BCUT2D eigenvalue weighted by molar-refractivity contribution is 5.11. The highest BCUT2D eigenvalue weighted by Crippen LogP contribution is 1.92. The molecule has 0 saturated heterocycles. The Morgan fingerprint density at radius 3 is 1.75 bits per heavy atom. The van der Waals surface area contributed by atoms with Gasteiger partial charge in [0.15, 0.2) is 0 Å². The molecule has 0 fully saturated rings. The van der Waals surface area contributed by atoms with Crippen molar-refractivity contribution in [2.24, 2.45) is 0 Å². The molecule has 68 valence electrons. The van der Waals surface area contributed by atoms with E-state index in [4.69, 9.17) is 0 Å². The molecule has 0 heterocycles. The topological polar surface area (TPSA) is 9.23 Å². The summed E-state index contributed by atoms with van der Waals surface area (Å²) in [5.41, 5.74) is 1.32. The standard InChI is InChI=1S/C7H8.C2H4F2O/c1-7-5-3-2-4-6-7;1-5-2(3)4/h2-6H,1H3;2H,1H3. The van der Waals surface area contributed by atoms with Crippen LogP contribution in [0, 0.1) is 6.92 Å². The number of benzene rings is 1. The number of halogens is 2. The Hall–Kier alpha value is -0.960. The van der Waals surface area contributed by atoms with E-state index in [0.717, 1.165) is 7.11 Å². The number of hydrogen-bond donors (Lipinski definition) is 0. The summed E-state index contributed by atoms with van der Waals surface area (Å²) in [5.74, 6) is 0. The molecule has 0 atom stereocenters. The molecule has 1 aromatic rings. The lowest BCUT2D eigenvalue weighted by molar-refractivity contribution is -0.105. The van der Waals surface area contributed by atoms with Crippen molar-refractivity contribution in [3.05, 3.63) is 35.9 Å². The number of aryl methyl sites for hydroxylation is 1. The summed E-state index contributed by atoms with van der Waals surface area (Å²) < 4.78 is 24.5. The van der Waals surface area contributed by atoms with Crippen molar-refractivity contribution in [1.29, 1.82) is 0 Å². The maximum absolute atomic E-state index is 10.5. The van der Waals surface area contributed by atoms with E-state index in [1.54, 1.807) is 0 Å². The summed E-state index contributed by atoms with van der Waals surface area (Å²) in [5, 5.41) is 0. The Labute approximate surface area is 71.0 Å². The van der Waals surface area contributed by atoms with Crippen LogP contribution in [-0.4, -0.2) is 13.7 Å². The second-order valence-corrected chi connectivity index (χ2v) is 2.15. The lowest BCUT2D eigenvalue weighted by atomic mass is 10.2. The van der Waals surface area contributed by atoms with Gasteiger partial charge in [0.2, 0.25) is 0 Å². The minimum Gasteiger partial charge on any atom is -0.326 e. The first-order valence-corrected chi connectivity index (χ1v) is 3.49. The molecule has 3 heteroatoms. The number of hydrogen-bond acceptors (Lipinski definition) is 1. The molecule has 1 nitrogen and oxygen atoms in total. The molecule has 1 rings (SSSR count). The van der Waals surface area contributed by atoms with Gasteiger partial charge in [-0.2, -0.15) is 8.78 Å². The first kappa shape index (κ1) is 11.0. The minimum atomic E-state index is -2.62. The predicted octanol–water partition coefficient (Wildman–Crippen LogP) is 2.85. The smallest absolute Gasteiger partial charge is 0.326 e. The van der Waals surface area contributed by atoms with Crippen LogP contribution in [-0.2, 0) is 4.74 Å². The molecule has 0 amide bonds. The average Bonchev–Trinajstić information content (AvgIpc) is 2.07. The predicted molar refractivity (Wildman–Crippen MR) is 44.2 cm³/mol. The summed E-state index contributed by atoms with van der Waals surface area (Å²) in [4.78, 5) is 0. The largest absolute Gasteiger partial charge is 0.345 e. The molecule has 12 heavy (non-hydrogen) atoms. The van der Waals surface area contributed by atoms with Gasteiger partial charge in [0.1, 0.15) is 0 Å². The number of alkyl halides is 2. The van der Waals surface area contributed by atoms with Crippen LogP contribution >= 0.6 is 0 Å². The molecule has 0 bridgehead atoms. The van der Waals surface area contributed by atoms with Gasteiger partial charge >= 0.3 is 6.61 Å². The van der Waals surface area contributed by atoms with Crippen LogP contribution in [0.4, 0.5) is 8.78 Å². The van der Waals surface area contributed by atoms with Crippen molar-refractivity contribution in [3.63, 3.8) is 0 Å². The molecule has 1 aromatic carbocycles. The summed E-state index contributed by atoms with van der Waals surface area (Å²) in [6.45, 7) is -0.532. The van der Waals surface area contributed by atoms with E-state index in [1.165, 1.54) is 5.56 Å². The van der Waals surface area contributed by atoms with E-state index in [1.807, 2.05) is 18.2 Å². The molecule has 0 N–H and O–H groups in total. The maximum Gasteiger partial charge on any atom is 0.345 e. The van der Waals surface area contributed by atoms with Crippen LogP contribution < -0.4 is 0 Å². The first-order chi connectivity index (χ1) is 5.66. The molecule has 0 aromatic heterocycles. The zero-order valence-corrected chi connectivity index (χ0v) is 7.13. The Morgan fingerprint density at radius 1 is 1.17 bits per heavy atom. The second-order valence-electron chi connectivity index (χ2n) is 2.15. The summed E-state index contributed by atoms with van der Waals surface area (Å²) >= 11 is 0.